The molecule has 2 aliphatic heterocycles. The summed E-state index contributed by atoms with van der Waals surface area (Å²) < 4.78 is 0. The smallest absolute Gasteiger partial charge is 0.222 e. The van der Waals surface area contributed by atoms with Gasteiger partial charge < -0.3 is 10.2 Å². The summed E-state index contributed by atoms with van der Waals surface area (Å²) in [5.74, 6) is 2.10. The molecule has 0 aromatic heterocycles. The van der Waals surface area contributed by atoms with Crippen molar-refractivity contribution in [3.05, 3.63) is 0 Å². The third-order valence-electron chi connectivity index (χ3n) is 6.19. The number of carbonyl (C=O) groups excluding carboxylic acids is 1. The third kappa shape index (κ3) is 7.62. The molecule has 0 unspecified atom stereocenters. The van der Waals surface area contributed by atoms with Crippen LogP contribution in [0.2, 0.25) is 0 Å². The van der Waals surface area contributed by atoms with Gasteiger partial charge in [0.25, 0.3) is 0 Å². The average Bonchev–Trinajstić information content (AvgIpc) is 2.62. The molecule has 6 heteroatoms. The molecule has 0 aromatic carbocycles. The molecule has 3 rings (SSSR count). The van der Waals surface area contributed by atoms with E-state index in [9.17, 15) is 4.79 Å². The monoisotopic (exact) mass is 393 g/mol. The summed E-state index contributed by atoms with van der Waals surface area (Å²) in [6.07, 6.45) is 11.5. The fourth-order valence-electron chi connectivity index (χ4n) is 4.57. The van der Waals surface area contributed by atoms with Gasteiger partial charge in [0.15, 0.2) is 0 Å². The van der Waals surface area contributed by atoms with Crippen LogP contribution in [-0.2, 0) is 4.79 Å². The van der Waals surface area contributed by atoms with Crippen LogP contribution in [0.4, 0.5) is 0 Å². The van der Waals surface area contributed by atoms with E-state index in [0.29, 0.717) is 5.91 Å². The summed E-state index contributed by atoms with van der Waals surface area (Å²) >= 11 is 0. The standard InChI is InChI=1S/C19H35N3O.2ClH/c23-19(7-6-17-8-10-20-11-9-17)22-14-12-21(13-15-22)16-18-4-2-1-3-5-18;;/h17-18,20H,1-16H2;2*1H. The van der Waals surface area contributed by atoms with Crippen LogP contribution >= 0.6 is 24.8 Å². The van der Waals surface area contributed by atoms with Gasteiger partial charge in [0, 0.05) is 39.1 Å². The minimum atomic E-state index is 0. The van der Waals surface area contributed by atoms with Gasteiger partial charge in [0.1, 0.15) is 0 Å². The highest BCUT2D eigenvalue weighted by Gasteiger charge is 2.24. The second kappa shape index (κ2) is 12.4. The second-order valence-corrected chi connectivity index (χ2v) is 7.92. The highest BCUT2D eigenvalue weighted by molar-refractivity contribution is 5.85. The molecule has 0 bridgehead atoms. The topological polar surface area (TPSA) is 35.6 Å². The van der Waals surface area contributed by atoms with Crippen LogP contribution in [0, 0.1) is 11.8 Å². The maximum atomic E-state index is 12.4. The SMILES string of the molecule is Cl.Cl.O=C(CCC1CCNCC1)N1CCN(CC2CCCCC2)CC1. The zero-order chi connectivity index (χ0) is 15.9. The van der Waals surface area contributed by atoms with Crippen molar-refractivity contribution in [1.29, 1.82) is 0 Å². The summed E-state index contributed by atoms with van der Waals surface area (Å²) in [5, 5.41) is 3.40. The van der Waals surface area contributed by atoms with Crippen LogP contribution in [0.1, 0.15) is 57.8 Å². The van der Waals surface area contributed by atoms with Crippen molar-refractivity contribution in [3.63, 3.8) is 0 Å². The third-order valence-corrected chi connectivity index (χ3v) is 6.19. The lowest BCUT2D eigenvalue weighted by molar-refractivity contribution is -0.133. The molecule has 0 aromatic rings. The van der Waals surface area contributed by atoms with Crippen molar-refractivity contribution in [2.24, 2.45) is 11.8 Å². The van der Waals surface area contributed by atoms with Crippen molar-refractivity contribution < 1.29 is 4.79 Å². The molecular weight excluding hydrogens is 357 g/mol. The lowest BCUT2D eigenvalue weighted by Gasteiger charge is -2.37. The van der Waals surface area contributed by atoms with E-state index >= 15 is 0 Å². The summed E-state index contributed by atoms with van der Waals surface area (Å²) in [5.41, 5.74) is 0. The van der Waals surface area contributed by atoms with Crippen LogP contribution in [0.15, 0.2) is 0 Å². The van der Waals surface area contributed by atoms with Gasteiger partial charge in [-0.1, -0.05) is 19.3 Å². The Balaban J connectivity index is 0.00000156. The summed E-state index contributed by atoms with van der Waals surface area (Å²) in [6.45, 7) is 7.65. The number of halogens is 2. The van der Waals surface area contributed by atoms with Gasteiger partial charge in [-0.2, -0.15) is 0 Å². The summed E-state index contributed by atoms with van der Waals surface area (Å²) in [4.78, 5) is 17.2. The molecule has 1 amide bonds. The molecule has 4 nitrogen and oxygen atoms in total. The predicted octanol–water partition coefficient (Wildman–Crippen LogP) is 3.33. The normalized spacial score (nSPS) is 23.6. The molecule has 2 heterocycles. The number of nitrogens with one attached hydrogen (secondary N) is 1. The van der Waals surface area contributed by atoms with Gasteiger partial charge in [-0.25, -0.2) is 0 Å². The molecule has 0 atom stereocenters. The van der Waals surface area contributed by atoms with Crippen molar-refractivity contribution in [3.8, 4) is 0 Å². The molecule has 3 aliphatic rings. The molecular formula is C19H37Cl2N3O. The van der Waals surface area contributed by atoms with E-state index in [-0.39, 0.29) is 24.8 Å². The summed E-state index contributed by atoms with van der Waals surface area (Å²) in [7, 11) is 0. The lowest BCUT2D eigenvalue weighted by atomic mass is 9.89. The van der Waals surface area contributed by atoms with Crippen LogP contribution in [0.3, 0.4) is 0 Å². The fraction of sp³-hybridized carbons (Fsp3) is 0.947. The molecule has 1 N–H and O–H groups in total. The van der Waals surface area contributed by atoms with Crippen LogP contribution in [0.25, 0.3) is 0 Å². The number of amides is 1. The Morgan fingerprint density at radius 2 is 1.48 bits per heavy atom. The van der Waals surface area contributed by atoms with Gasteiger partial charge >= 0.3 is 0 Å². The highest BCUT2D eigenvalue weighted by Crippen LogP contribution is 2.25. The second-order valence-electron chi connectivity index (χ2n) is 7.92. The minimum absolute atomic E-state index is 0. The first kappa shape index (κ1) is 23.0. The molecule has 1 aliphatic carbocycles. The van der Waals surface area contributed by atoms with E-state index in [1.165, 1.54) is 51.5 Å². The van der Waals surface area contributed by atoms with Crippen LogP contribution in [-0.4, -0.2) is 61.5 Å². The quantitative estimate of drug-likeness (QED) is 0.777. The number of piperidine rings is 1. The zero-order valence-electron chi connectivity index (χ0n) is 15.6. The molecule has 2 saturated heterocycles. The minimum Gasteiger partial charge on any atom is -0.340 e. The summed E-state index contributed by atoms with van der Waals surface area (Å²) in [6, 6.07) is 0. The predicted molar refractivity (Wildman–Crippen MR) is 109 cm³/mol. The fourth-order valence-corrected chi connectivity index (χ4v) is 4.57. The first-order chi connectivity index (χ1) is 11.3. The first-order valence-electron chi connectivity index (χ1n) is 10.0. The average molecular weight is 394 g/mol. The van der Waals surface area contributed by atoms with Gasteiger partial charge in [0.05, 0.1) is 0 Å². The van der Waals surface area contributed by atoms with Crippen LogP contribution in [0.5, 0.6) is 0 Å². The maximum absolute atomic E-state index is 12.4. The van der Waals surface area contributed by atoms with Crippen molar-refractivity contribution >= 4 is 30.7 Å². The number of rotatable bonds is 5. The molecule has 25 heavy (non-hydrogen) atoms. The first-order valence-corrected chi connectivity index (χ1v) is 10.0. The number of nitrogens with zero attached hydrogens (tertiary/aromatic N) is 2. The number of hydrogen-bond acceptors (Lipinski definition) is 3. The number of carbonyl (C=O) groups is 1. The van der Waals surface area contributed by atoms with Crippen LogP contribution < -0.4 is 5.32 Å². The van der Waals surface area contributed by atoms with E-state index in [0.717, 1.165) is 63.9 Å². The molecule has 1 saturated carbocycles. The molecule has 3 fully saturated rings. The molecule has 148 valence electrons. The highest BCUT2D eigenvalue weighted by atomic mass is 35.5. The van der Waals surface area contributed by atoms with Gasteiger partial charge in [-0.05, 0) is 57.0 Å². The Labute approximate surface area is 166 Å². The zero-order valence-corrected chi connectivity index (χ0v) is 17.2. The van der Waals surface area contributed by atoms with E-state index in [1.807, 2.05) is 0 Å². The molecule has 0 radical (unpaired) electrons. The van der Waals surface area contributed by atoms with E-state index < -0.39 is 0 Å². The largest absolute Gasteiger partial charge is 0.340 e. The Morgan fingerprint density at radius 1 is 0.840 bits per heavy atom. The van der Waals surface area contributed by atoms with Gasteiger partial charge in [-0.15, -0.1) is 24.8 Å². The van der Waals surface area contributed by atoms with E-state index in [1.54, 1.807) is 0 Å². The Morgan fingerprint density at radius 3 is 2.12 bits per heavy atom. The van der Waals surface area contributed by atoms with Gasteiger partial charge in [-0.3, -0.25) is 9.69 Å². The molecule has 0 spiro atoms. The van der Waals surface area contributed by atoms with Crippen molar-refractivity contribution in [2.45, 2.75) is 57.8 Å². The Bertz CT molecular complexity index is 364. The number of hydrogen-bond donors (Lipinski definition) is 1. The van der Waals surface area contributed by atoms with E-state index in [4.69, 9.17) is 0 Å². The van der Waals surface area contributed by atoms with E-state index in [2.05, 4.69) is 15.1 Å². The lowest BCUT2D eigenvalue weighted by Crippen LogP contribution is -2.49. The Hall–Kier alpha value is -0.0300. The van der Waals surface area contributed by atoms with Crippen molar-refractivity contribution in [2.75, 3.05) is 45.8 Å². The number of piperazine rings is 1. The van der Waals surface area contributed by atoms with Crippen molar-refractivity contribution in [1.82, 2.24) is 15.1 Å². The van der Waals surface area contributed by atoms with Gasteiger partial charge in [0.2, 0.25) is 5.91 Å². The maximum Gasteiger partial charge on any atom is 0.222 e. The Kier molecular flexibility index (Phi) is 11.4.